The van der Waals surface area contributed by atoms with Gasteiger partial charge in [0.2, 0.25) is 11.7 Å². The quantitative estimate of drug-likeness (QED) is 0.829. The SMILES string of the molecule is CCc1nc(COc2ccc(Br)cc2CNC2CC2)no1. The van der Waals surface area contributed by atoms with Gasteiger partial charge in [-0.3, -0.25) is 0 Å². The topological polar surface area (TPSA) is 60.2 Å². The maximum absolute atomic E-state index is 5.84. The van der Waals surface area contributed by atoms with Gasteiger partial charge in [-0.05, 0) is 31.0 Å². The monoisotopic (exact) mass is 351 g/mol. The highest BCUT2D eigenvalue weighted by atomic mass is 79.9. The summed E-state index contributed by atoms with van der Waals surface area (Å²) in [5, 5.41) is 7.40. The van der Waals surface area contributed by atoms with Gasteiger partial charge in [-0.15, -0.1) is 0 Å². The van der Waals surface area contributed by atoms with E-state index in [2.05, 4.69) is 37.5 Å². The summed E-state index contributed by atoms with van der Waals surface area (Å²) >= 11 is 3.50. The van der Waals surface area contributed by atoms with Gasteiger partial charge in [0.1, 0.15) is 5.75 Å². The van der Waals surface area contributed by atoms with Crippen LogP contribution in [0.1, 0.15) is 37.0 Å². The highest BCUT2D eigenvalue weighted by molar-refractivity contribution is 9.10. The van der Waals surface area contributed by atoms with Crippen molar-refractivity contribution in [2.24, 2.45) is 0 Å². The number of aryl methyl sites for hydroxylation is 1. The molecule has 0 aliphatic heterocycles. The van der Waals surface area contributed by atoms with E-state index in [9.17, 15) is 0 Å². The summed E-state index contributed by atoms with van der Waals surface area (Å²) < 4.78 is 12.0. The molecule has 0 bridgehead atoms. The van der Waals surface area contributed by atoms with Gasteiger partial charge in [0.15, 0.2) is 6.61 Å². The fourth-order valence-electron chi connectivity index (χ4n) is 2.00. The normalized spacial score (nSPS) is 14.4. The number of hydrogen-bond acceptors (Lipinski definition) is 5. The van der Waals surface area contributed by atoms with Crippen molar-refractivity contribution in [3.8, 4) is 5.75 Å². The molecule has 0 radical (unpaired) electrons. The molecule has 0 unspecified atom stereocenters. The Kier molecular flexibility index (Phi) is 4.55. The lowest BCUT2D eigenvalue weighted by Crippen LogP contribution is -2.16. The molecule has 2 aromatic rings. The Labute approximate surface area is 132 Å². The fraction of sp³-hybridized carbons (Fsp3) is 0.467. The largest absolute Gasteiger partial charge is 0.485 e. The molecule has 3 rings (SSSR count). The van der Waals surface area contributed by atoms with Gasteiger partial charge in [-0.25, -0.2) is 0 Å². The molecule has 0 saturated heterocycles. The summed E-state index contributed by atoms with van der Waals surface area (Å²) in [6.45, 7) is 3.11. The number of halogens is 1. The maximum Gasteiger partial charge on any atom is 0.226 e. The van der Waals surface area contributed by atoms with Crippen LogP contribution in [-0.4, -0.2) is 16.2 Å². The summed E-state index contributed by atoms with van der Waals surface area (Å²) in [4.78, 5) is 4.25. The molecule has 1 saturated carbocycles. The predicted molar refractivity (Wildman–Crippen MR) is 82.0 cm³/mol. The summed E-state index contributed by atoms with van der Waals surface area (Å²) in [6.07, 6.45) is 3.28. The predicted octanol–water partition coefficient (Wildman–Crippen LogP) is 3.23. The van der Waals surface area contributed by atoms with Crippen LogP contribution in [0.15, 0.2) is 27.2 Å². The van der Waals surface area contributed by atoms with E-state index in [4.69, 9.17) is 9.26 Å². The number of benzene rings is 1. The molecular weight excluding hydrogens is 334 g/mol. The third-order valence-corrected chi connectivity index (χ3v) is 3.84. The zero-order valence-corrected chi connectivity index (χ0v) is 13.5. The number of aromatic nitrogens is 2. The highest BCUT2D eigenvalue weighted by Gasteiger charge is 2.20. The second-order valence-corrected chi connectivity index (χ2v) is 6.07. The summed E-state index contributed by atoms with van der Waals surface area (Å²) in [5.74, 6) is 2.07. The average molecular weight is 352 g/mol. The molecular formula is C15H18BrN3O2. The van der Waals surface area contributed by atoms with Gasteiger partial charge in [0, 0.05) is 29.0 Å². The fourth-order valence-corrected chi connectivity index (χ4v) is 2.41. The van der Waals surface area contributed by atoms with Gasteiger partial charge in [-0.1, -0.05) is 28.0 Å². The van der Waals surface area contributed by atoms with Crippen molar-refractivity contribution in [1.29, 1.82) is 0 Å². The van der Waals surface area contributed by atoms with Gasteiger partial charge in [-0.2, -0.15) is 4.98 Å². The number of hydrogen-bond donors (Lipinski definition) is 1. The van der Waals surface area contributed by atoms with Crippen LogP contribution in [0.4, 0.5) is 0 Å². The molecule has 1 fully saturated rings. The number of ether oxygens (including phenoxy) is 1. The zero-order chi connectivity index (χ0) is 14.7. The number of rotatable bonds is 7. The lowest BCUT2D eigenvalue weighted by Gasteiger charge is -2.11. The Balaban J connectivity index is 1.65. The van der Waals surface area contributed by atoms with Gasteiger partial charge < -0.3 is 14.6 Å². The van der Waals surface area contributed by atoms with Crippen molar-refractivity contribution in [1.82, 2.24) is 15.5 Å². The van der Waals surface area contributed by atoms with E-state index in [0.29, 0.717) is 24.4 Å². The van der Waals surface area contributed by atoms with Crippen molar-refractivity contribution in [3.63, 3.8) is 0 Å². The third-order valence-electron chi connectivity index (χ3n) is 3.35. The molecule has 1 aromatic carbocycles. The van der Waals surface area contributed by atoms with Gasteiger partial charge in [0.25, 0.3) is 0 Å². The van der Waals surface area contributed by atoms with E-state index in [1.165, 1.54) is 12.8 Å². The summed E-state index contributed by atoms with van der Waals surface area (Å²) in [6, 6.07) is 6.69. The van der Waals surface area contributed by atoms with Crippen LogP contribution in [0, 0.1) is 0 Å². The molecule has 0 spiro atoms. The Morgan fingerprint density at radius 3 is 3.00 bits per heavy atom. The molecule has 1 aliphatic carbocycles. The third kappa shape index (κ3) is 4.04. The van der Waals surface area contributed by atoms with E-state index in [0.717, 1.165) is 28.8 Å². The molecule has 1 aromatic heterocycles. The maximum atomic E-state index is 5.84. The first-order valence-corrected chi connectivity index (χ1v) is 8.00. The minimum atomic E-state index is 0.321. The average Bonchev–Trinajstić information content (AvgIpc) is 3.21. The first-order chi connectivity index (χ1) is 10.2. The van der Waals surface area contributed by atoms with Crippen molar-refractivity contribution in [2.45, 2.75) is 45.4 Å². The highest BCUT2D eigenvalue weighted by Crippen LogP contribution is 2.26. The van der Waals surface area contributed by atoms with Crippen LogP contribution in [-0.2, 0) is 19.6 Å². The second-order valence-electron chi connectivity index (χ2n) is 5.15. The van der Waals surface area contributed by atoms with Crippen molar-refractivity contribution in [3.05, 3.63) is 40.0 Å². The Bertz CT molecular complexity index is 611. The first-order valence-electron chi connectivity index (χ1n) is 7.20. The first kappa shape index (κ1) is 14.5. The zero-order valence-electron chi connectivity index (χ0n) is 11.9. The lowest BCUT2D eigenvalue weighted by atomic mass is 10.2. The van der Waals surface area contributed by atoms with Crippen LogP contribution in [0.3, 0.4) is 0 Å². The Morgan fingerprint density at radius 2 is 2.29 bits per heavy atom. The molecule has 21 heavy (non-hydrogen) atoms. The van der Waals surface area contributed by atoms with E-state index in [-0.39, 0.29) is 0 Å². The molecule has 5 nitrogen and oxygen atoms in total. The van der Waals surface area contributed by atoms with Crippen molar-refractivity contribution in [2.75, 3.05) is 0 Å². The Hall–Kier alpha value is -1.40. The number of nitrogens with zero attached hydrogens (tertiary/aromatic N) is 2. The lowest BCUT2D eigenvalue weighted by molar-refractivity contribution is 0.282. The van der Waals surface area contributed by atoms with E-state index >= 15 is 0 Å². The van der Waals surface area contributed by atoms with E-state index in [1.54, 1.807) is 0 Å². The standard InChI is InChI=1S/C15H18BrN3O2/c1-2-15-18-14(19-21-15)9-20-13-6-3-11(16)7-10(13)8-17-12-4-5-12/h3,6-7,12,17H,2,4-5,8-9H2,1H3. The van der Waals surface area contributed by atoms with Crippen LogP contribution in [0.2, 0.25) is 0 Å². The molecule has 6 heteroatoms. The van der Waals surface area contributed by atoms with Crippen LogP contribution < -0.4 is 10.1 Å². The molecule has 1 aliphatic rings. The molecule has 0 amide bonds. The number of nitrogens with one attached hydrogen (secondary N) is 1. The van der Waals surface area contributed by atoms with Gasteiger partial charge in [0.05, 0.1) is 0 Å². The summed E-state index contributed by atoms with van der Waals surface area (Å²) in [5.41, 5.74) is 1.13. The molecule has 0 atom stereocenters. The minimum absolute atomic E-state index is 0.321. The molecule has 112 valence electrons. The molecule has 1 N–H and O–H groups in total. The summed E-state index contributed by atoms with van der Waals surface area (Å²) in [7, 11) is 0. The smallest absolute Gasteiger partial charge is 0.226 e. The Morgan fingerprint density at radius 1 is 1.43 bits per heavy atom. The minimum Gasteiger partial charge on any atom is -0.485 e. The van der Waals surface area contributed by atoms with Crippen LogP contribution in [0.25, 0.3) is 0 Å². The van der Waals surface area contributed by atoms with Gasteiger partial charge >= 0.3 is 0 Å². The van der Waals surface area contributed by atoms with Crippen LogP contribution in [0.5, 0.6) is 5.75 Å². The molecule has 1 heterocycles. The van der Waals surface area contributed by atoms with E-state index < -0.39 is 0 Å². The second kappa shape index (κ2) is 6.58. The van der Waals surface area contributed by atoms with Crippen molar-refractivity contribution >= 4 is 15.9 Å². The van der Waals surface area contributed by atoms with Crippen LogP contribution >= 0.6 is 15.9 Å². The van der Waals surface area contributed by atoms with Crippen molar-refractivity contribution < 1.29 is 9.26 Å². The van der Waals surface area contributed by atoms with E-state index in [1.807, 2.05) is 19.1 Å².